The van der Waals surface area contributed by atoms with Crippen molar-refractivity contribution in [3.05, 3.63) is 51.7 Å². The van der Waals surface area contributed by atoms with E-state index in [1.165, 1.54) is 0 Å². The third-order valence-corrected chi connectivity index (χ3v) is 5.15. The first-order valence-corrected chi connectivity index (χ1v) is 7.92. The molecule has 0 aliphatic carbocycles. The minimum atomic E-state index is -0.536. The van der Waals surface area contributed by atoms with E-state index in [0.717, 1.165) is 21.7 Å². The van der Waals surface area contributed by atoms with Crippen LogP contribution in [0.4, 0.5) is 5.69 Å². The molecule has 21 heavy (non-hydrogen) atoms. The highest BCUT2D eigenvalue weighted by molar-refractivity contribution is 7.09. The number of fused-ring (bicyclic) bond motifs is 1. The molecular formula is C17H19NO2S. The van der Waals surface area contributed by atoms with Crippen molar-refractivity contribution < 1.29 is 9.90 Å². The molecule has 0 radical (unpaired) electrons. The topological polar surface area (TPSA) is 40.5 Å². The number of rotatable bonds is 3. The number of likely N-dealkylation sites (N-methyl/N-ethyl adjacent to an activating group) is 1. The van der Waals surface area contributed by atoms with Crippen LogP contribution >= 0.6 is 11.3 Å². The Kier molecular flexibility index (Phi) is 3.38. The van der Waals surface area contributed by atoms with E-state index in [2.05, 4.69) is 0 Å². The number of anilines is 1. The lowest BCUT2D eigenvalue weighted by Gasteiger charge is -2.17. The number of benzene rings is 1. The van der Waals surface area contributed by atoms with Gasteiger partial charge in [0.05, 0.1) is 11.5 Å². The second-order valence-electron chi connectivity index (χ2n) is 6.07. The Morgan fingerprint density at radius 1 is 1.33 bits per heavy atom. The van der Waals surface area contributed by atoms with E-state index >= 15 is 0 Å². The predicted octanol–water partition coefficient (Wildman–Crippen LogP) is 3.28. The minimum Gasteiger partial charge on any atom is -0.388 e. The number of amides is 1. The van der Waals surface area contributed by atoms with Gasteiger partial charge >= 0.3 is 0 Å². The van der Waals surface area contributed by atoms with E-state index in [1.807, 2.05) is 49.6 Å². The average molecular weight is 301 g/mol. The molecule has 110 valence electrons. The molecule has 4 heteroatoms. The maximum Gasteiger partial charge on any atom is 0.236 e. The third kappa shape index (κ3) is 2.28. The molecule has 3 rings (SSSR count). The first-order chi connectivity index (χ1) is 9.91. The zero-order valence-corrected chi connectivity index (χ0v) is 13.3. The van der Waals surface area contributed by atoms with Crippen LogP contribution in [0.25, 0.3) is 0 Å². The Morgan fingerprint density at radius 2 is 2.10 bits per heavy atom. The van der Waals surface area contributed by atoms with Gasteiger partial charge in [0, 0.05) is 24.0 Å². The standard InChI is InChI=1S/C17H19NO2S/c1-17(2)13-9-11(6-7-14(13)18(3)16(17)20)15(19)10-12-5-4-8-21-12/h4-9,15,19H,10H2,1-3H3. The molecule has 3 nitrogen and oxygen atoms in total. The molecule has 0 saturated heterocycles. The molecule has 2 aromatic rings. The van der Waals surface area contributed by atoms with Crippen LogP contribution in [0, 0.1) is 0 Å². The summed E-state index contributed by atoms with van der Waals surface area (Å²) in [6, 6.07) is 9.86. The Hall–Kier alpha value is -1.65. The number of hydrogen-bond acceptors (Lipinski definition) is 3. The van der Waals surface area contributed by atoms with Crippen LogP contribution in [0.2, 0.25) is 0 Å². The van der Waals surface area contributed by atoms with Gasteiger partial charge in [-0.25, -0.2) is 0 Å². The number of carbonyl (C=O) groups excluding carboxylic acids is 1. The van der Waals surface area contributed by atoms with Crippen molar-refractivity contribution in [1.29, 1.82) is 0 Å². The van der Waals surface area contributed by atoms with E-state index in [9.17, 15) is 9.90 Å². The summed E-state index contributed by atoms with van der Waals surface area (Å²) in [5.41, 5.74) is 2.29. The molecule has 0 spiro atoms. The minimum absolute atomic E-state index is 0.0994. The SMILES string of the molecule is CN1C(=O)C(C)(C)c2cc(C(O)Cc3cccs3)ccc21. The maximum absolute atomic E-state index is 12.3. The van der Waals surface area contributed by atoms with Gasteiger partial charge in [0.1, 0.15) is 0 Å². The summed E-state index contributed by atoms with van der Waals surface area (Å²) in [5, 5.41) is 12.4. The number of nitrogens with zero attached hydrogens (tertiary/aromatic N) is 1. The molecule has 1 aliphatic rings. The summed E-state index contributed by atoms with van der Waals surface area (Å²) in [5.74, 6) is 0.0994. The Bertz CT molecular complexity index is 676. The van der Waals surface area contributed by atoms with Gasteiger partial charge in [-0.05, 0) is 42.5 Å². The molecule has 2 heterocycles. The maximum atomic E-state index is 12.3. The molecular weight excluding hydrogens is 282 g/mol. The van der Waals surface area contributed by atoms with Gasteiger partial charge in [-0.3, -0.25) is 4.79 Å². The van der Waals surface area contributed by atoms with E-state index in [-0.39, 0.29) is 5.91 Å². The normalized spacial score (nSPS) is 17.9. The fourth-order valence-electron chi connectivity index (χ4n) is 2.94. The van der Waals surface area contributed by atoms with Gasteiger partial charge in [-0.15, -0.1) is 11.3 Å². The number of thiophene rings is 1. The van der Waals surface area contributed by atoms with Crippen molar-refractivity contribution in [2.45, 2.75) is 31.8 Å². The number of carbonyl (C=O) groups is 1. The summed E-state index contributed by atoms with van der Waals surface area (Å²) < 4.78 is 0. The second-order valence-corrected chi connectivity index (χ2v) is 7.10. The van der Waals surface area contributed by atoms with Crippen molar-refractivity contribution in [3.63, 3.8) is 0 Å². The highest BCUT2D eigenvalue weighted by Gasteiger charge is 2.42. The molecule has 1 amide bonds. The van der Waals surface area contributed by atoms with Crippen LogP contribution in [-0.2, 0) is 16.6 Å². The van der Waals surface area contributed by atoms with Crippen molar-refractivity contribution in [1.82, 2.24) is 0 Å². The number of aliphatic hydroxyl groups excluding tert-OH is 1. The Balaban J connectivity index is 1.93. The van der Waals surface area contributed by atoms with Gasteiger partial charge in [0.25, 0.3) is 0 Å². The van der Waals surface area contributed by atoms with Gasteiger partial charge in [0.15, 0.2) is 0 Å². The summed E-state index contributed by atoms with van der Waals surface area (Å²) in [6.45, 7) is 3.88. The summed E-state index contributed by atoms with van der Waals surface area (Å²) in [4.78, 5) is 15.1. The summed E-state index contributed by atoms with van der Waals surface area (Å²) >= 11 is 1.65. The second kappa shape index (κ2) is 4.97. The van der Waals surface area contributed by atoms with Crippen LogP contribution in [-0.4, -0.2) is 18.1 Å². The quantitative estimate of drug-likeness (QED) is 0.945. The van der Waals surface area contributed by atoms with E-state index < -0.39 is 11.5 Å². The zero-order valence-electron chi connectivity index (χ0n) is 12.5. The van der Waals surface area contributed by atoms with Gasteiger partial charge < -0.3 is 10.0 Å². The van der Waals surface area contributed by atoms with Gasteiger partial charge in [-0.1, -0.05) is 18.2 Å². The van der Waals surface area contributed by atoms with E-state index in [4.69, 9.17) is 0 Å². The van der Waals surface area contributed by atoms with Crippen molar-refractivity contribution in [3.8, 4) is 0 Å². The molecule has 1 aromatic carbocycles. The van der Waals surface area contributed by atoms with E-state index in [0.29, 0.717) is 6.42 Å². The summed E-state index contributed by atoms with van der Waals surface area (Å²) in [7, 11) is 1.80. The average Bonchev–Trinajstić information content (AvgIpc) is 3.02. The number of aliphatic hydroxyl groups is 1. The lowest BCUT2D eigenvalue weighted by Crippen LogP contribution is -2.33. The summed E-state index contributed by atoms with van der Waals surface area (Å²) in [6.07, 6.45) is 0.0754. The fourth-order valence-corrected chi connectivity index (χ4v) is 3.68. The largest absolute Gasteiger partial charge is 0.388 e. The lowest BCUT2D eigenvalue weighted by atomic mass is 9.84. The van der Waals surface area contributed by atoms with Crippen LogP contribution in [0.15, 0.2) is 35.7 Å². The van der Waals surface area contributed by atoms with Crippen molar-refractivity contribution in [2.75, 3.05) is 11.9 Å². The lowest BCUT2D eigenvalue weighted by molar-refractivity contribution is -0.121. The zero-order chi connectivity index (χ0) is 15.2. The van der Waals surface area contributed by atoms with Gasteiger partial charge in [0.2, 0.25) is 5.91 Å². The molecule has 0 saturated carbocycles. The smallest absolute Gasteiger partial charge is 0.236 e. The van der Waals surface area contributed by atoms with Crippen LogP contribution in [0.3, 0.4) is 0 Å². The van der Waals surface area contributed by atoms with Crippen molar-refractivity contribution in [2.24, 2.45) is 0 Å². The van der Waals surface area contributed by atoms with Crippen LogP contribution < -0.4 is 4.90 Å². The molecule has 0 fully saturated rings. The third-order valence-electron chi connectivity index (χ3n) is 4.25. The first kappa shape index (κ1) is 14.3. The van der Waals surface area contributed by atoms with E-state index in [1.54, 1.807) is 23.3 Å². The molecule has 1 unspecified atom stereocenters. The molecule has 1 N–H and O–H groups in total. The van der Waals surface area contributed by atoms with Crippen LogP contribution in [0.1, 0.15) is 36.0 Å². The molecule has 0 bridgehead atoms. The Morgan fingerprint density at radius 3 is 2.76 bits per heavy atom. The first-order valence-electron chi connectivity index (χ1n) is 7.04. The molecule has 1 atom stereocenters. The number of hydrogen-bond donors (Lipinski definition) is 1. The Labute approximate surface area is 128 Å². The predicted molar refractivity (Wildman–Crippen MR) is 85.9 cm³/mol. The molecule has 1 aliphatic heterocycles. The van der Waals surface area contributed by atoms with Crippen LogP contribution in [0.5, 0.6) is 0 Å². The van der Waals surface area contributed by atoms with Crippen molar-refractivity contribution >= 4 is 22.9 Å². The monoisotopic (exact) mass is 301 g/mol. The van der Waals surface area contributed by atoms with Gasteiger partial charge in [-0.2, -0.15) is 0 Å². The highest BCUT2D eigenvalue weighted by Crippen LogP contribution is 2.42. The molecule has 1 aromatic heterocycles. The fraction of sp³-hybridized carbons (Fsp3) is 0.353. The highest BCUT2D eigenvalue weighted by atomic mass is 32.1.